The predicted octanol–water partition coefficient (Wildman–Crippen LogP) is 1.81. The molecule has 0 bridgehead atoms. The fraction of sp³-hybridized carbons (Fsp3) is 0.538. The van der Waals surface area contributed by atoms with Crippen LogP contribution in [0.5, 0.6) is 0 Å². The Hall–Kier alpha value is -0.860. The highest BCUT2D eigenvalue weighted by atomic mass is 16.3. The molecule has 0 radical (unpaired) electrons. The molecule has 1 unspecified atom stereocenters. The van der Waals surface area contributed by atoms with E-state index in [2.05, 4.69) is 43.0 Å². The van der Waals surface area contributed by atoms with Crippen molar-refractivity contribution in [3.63, 3.8) is 0 Å². The summed E-state index contributed by atoms with van der Waals surface area (Å²) in [5.41, 5.74) is 2.81. The Kier molecular flexibility index (Phi) is 3.08. The molecule has 0 spiro atoms. The van der Waals surface area contributed by atoms with Gasteiger partial charge in [-0.2, -0.15) is 0 Å². The van der Waals surface area contributed by atoms with Gasteiger partial charge < -0.3 is 5.11 Å². The Labute approximate surface area is 91.5 Å². The average Bonchev–Trinajstić information content (AvgIpc) is 2.27. The number of hydrogen-bond acceptors (Lipinski definition) is 2. The van der Waals surface area contributed by atoms with Crippen LogP contribution in [0.3, 0.4) is 0 Å². The third-order valence-electron chi connectivity index (χ3n) is 3.27. The van der Waals surface area contributed by atoms with Gasteiger partial charge in [-0.1, -0.05) is 24.3 Å². The van der Waals surface area contributed by atoms with Gasteiger partial charge in [0, 0.05) is 18.6 Å². The van der Waals surface area contributed by atoms with Gasteiger partial charge in [-0.15, -0.1) is 0 Å². The van der Waals surface area contributed by atoms with Crippen molar-refractivity contribution >= 4 is 0 Å². The molecule has 1 aliphatic heterocycles. The van der Waals surface area contributed by atoms with Gasteiger partial charge in [-0.3, -0.25) is 4.90 Å². The third kappa shape index (κ3) is 2.06. The van der Waals surface area contributed by atoms with Crippen molar-refractivity contribution < 1.29 is 5.11 Å². The highest BCUT2D eigenvalue weighted by molar-refractivity contribution is 5.30. The van der Waals surface area contributed by atoms with Crippen molar-refractivity contribution in [2.45, 2.75) is 38.9 Å². The van der Waals surface area contributed by atoms with Gasteiger partial charge in [0.2, 0.25) is 0 Å². The van der Waals surface area contributed by atoms with Crippen LogP contribution in [0.25, 0.3) is 0 Å². The summed E-state index contributed by atoms with van der Waals surface area (Å²) in [6.07, 6.45) is 0.977. The Morgan fingerprint density at radius 1 is 1.33 bits per heavy atom. The third-order valence-corrected chi connectivity index (χ3v) is 3.27. The molecule has 2 nitrogen and oxygen atoms in total. The van der Waals surface area contributed by atoms with E-state index in [4.69, 9.17) is 0 Å². The lowest BCUT2D eigenvalue weighted by Gasteiger charge is -2.38. The van der Waals surface area contributed by atoms with Crippen LogP contribution in [-0.2, 0) is 13.0 Å². The van der Waals surface area contributed by atoms with Crippen LogP contribution < -0.4 is 0 Å². The molecule has 1 N–H and O–H groups in total. The number of nitrogens with zero attached hydrogens (tertiary/aromatic N) is 1. The molecule has 1 atom stereocenters. The maximum atomic E-state index is 9.39. The number of hydrogen-bond donors (Lipinski definition) is 1. The first kappa shape index (κ1) is 10.7. The lowest BCUT2D eigenvalue weighted by molar-refractivity contribution is 0.0791. The molecule has 1 aromatic carbocycles. The van der Waals surface area contributed by atoms with Crippen molar-refractivity contribution in [3.05, 3.63) is 35.4 Å². The van der Waals surface area contributed by atoms with E-state index in [0.29, 0.717) is 12.1 Å². The quantitative estimate of drug-likeness (QED) is 0.796. The highest BCUT2D eigenvalue weighted by Crippen LogP contribution is 2.24. The summed E-state index contributed by atoms with van der Waals surface area (Å²) >= 11 is 0. The number of fused-ring (bicyclic) bond motifs is 1. The molecule has 1 aromatic rings. The number of benzene rings is 1. The zero-order valence-electron chi connectivity index (χ0n) is 9.48. The van der Waals surface area contributed by atoms with Crippen LogP contribution in [-0.4, -0.2) is 28.7 Å². The van der Waals surface area contributed by atoms with Crippen molar-refractivity contribution in [2.75, 3.05) is 6.61 Å². The number of aliphatic hydroxyl groups is 1. The standard InChI is InChI=1S/C13H19NO/c1-10(2)14-8-12-6-4-3-5-11(12)7-13(14)9-15/h3-6,10,13,15H,7-9H2,1-2H3. The molecule has 0 fully saturated rings. The topological polar surface area (TPSA) is 23.5 Å². The molecule has 15 heavy (non-hydrogen) atoms. The Bertz CT molecular complexity index is 335. The second-order valence-electron chi connectivity index (χ2n) is 4.58. The predicted molar refractivity (Wildman–Crippen MR) is 61.7 cm³/mol. The van der Waals surface area contributed by atoms with Gasteiger partial charge in [0.05, 0.1) is 6.61 Å². The van der Waals surface area contributed by atoms with E-state index in [1.165, 1.54) is 11.1 Å². The van der Waals surface area contributed by atoms with Crippen molar-refractivity contribution in [3.8, 4) is 0 Å². The maximum absolute atomic E-state index is 9.39. The monoisotopic (exact) mass is 205 g/mol. The van der Waals surface area contributed by atoms with Gasteiger partial charge in [-0.05, 0) is 31.4 Å². The Morgan fingerprint density at radius 3 is 2.60 bits per heavy atom. The van der Waals surface area contributed by atoms with E-state index in [9.17, 15) is 5.11 Å². The smallest absolute Gasteiger partial charge is 0.0590 e. The molecular weight excluding hydrogens is 186 g/mol. The fourth-order valence-corrected chi connectivity index (χ4v) is 2.38. The molecule has 0 aromatic heterocycles. The first-order valence-corrected chi connectivity index (χ1v) is 5.65. The van der Waals surface area contributed by atoms with E-state index >= 15 is 0 Å². The van der Waals surface area contributed by atoms with E-state index in [-0.39, 0.29) is 6.61 Å². The van der Waals surface area contributed by atoms with Crippen molar-refractivity contribution in [1.82, 2.24) is 4.90 Å². The fourth-order valence-electron chi connectivity index (χ4n) is 2.38. The second-order valence-corrected chi connectivity index (χ2v) is 4.58. The van der Waals surface area contributed by atoms with Crippen LogP contribution in [0.2, 0.25) is 0 Å². The molecule has 0 saturated carbocycles. The summed E-state index contributed by atoms with van der Waals surface area (Å²) in [5, 5.41) is 9.39. The molecule has 1 heterocycles. The zero-order chi connectivity index (χ0) is 10.8. The molecule has 0 aliphatic carbocycles. The van der Waals surface area contributed by atoms with Gasteiger partial charge in [0.25, 0.3) is 0 Å². The first-order chi connectivity index (χ1) is 7.22. The minimum Gasteiger partial charge on any atom is -0.395 e. The van der Waals surface area contributed by atoms with Crippen LogP contribution in [0.1, 0.15) is 25.0 Å². The maximum Gasteiger partial charge on any atom is 0.0590 e. The second kappa shape index (κ2) is 4.33. The van der Waals surface area contributed by atoms with Crippen LogP contribution in [0.4, 0.5) is 0 Å². The normalized spacial score (nSPS) is 21.7. The number of aliphatic hydroxyl groups excluding tert-OH is 1. The zero-order valence-corrected chi connectivity index (χ0v) is 9.48. The molecule has 2 heteroatoms. The SMILES string of the molecule is CC(C)N1Cc2ccccc2CC1CO. The molecule has 1 aliphatic rings. The highest BCUT2D eigenvalue weighted by Gasteiger charge is 2.26. The van der Waals surface area contributed by atoms with E-state index in [1.54, 1.807) is 0 Å². The first-order valence-electron chi connectivity index (χ1n) is 5.65. The van der Waals surface area contributed by atoms with Gasteiger partial charge in [0.15, 0.2) is 0 Å². The van der Waals surface area contributed by atoms with Crippen molar-refractivity contribution in [2.24, 2.45) is 0 Å². The summed E-state index contributed by atoms with van der Waals surface area (Å²) < 4.78 is 0. The Morgan fingerprint density at radius 2 is 2.00 bits per heavy atom. The molecule has 2 rings (SSSR count). The summed E-state index contributed by atoms with van der Waals surface area (Å²) in [5.74, 6) is 0. The van der Waals surface area contributed by atoms with E-state index in [1.807, 2.05) is 0 Å². The van der Waals surface area contributed by atoms with Gasteiger partial charge in [0.1, 0.15) is 0 Å². The van der Waals surface area contributed by atoms with E-state index < -0.39 is 0 Å². The summed E-state index contributed by atoms with van der Waals surface area (Å²) in [6, 6.07) is 9.33. The summed E-state index contributed by atoms with van der Waals surface area (Å²) in [6.45, 7) is 5.61. The minimum absolute atomic E-state index is 0.256. The van der Waals surface area contributed by atoms with E-state index in [0.717, 1.165) is 13.0 Å². The van der Waals surface area contributed by atoms with Crippen LogP contribution >= 0.6 is 0 Å². The molecule has 0 saturated heterocycles. The van der Waals surface area contributed by atoms with Crippen molar-refractivity contribution in [1.29, 1.82) is 0 Å². The summed E-state index contributed by atoms with van der Waals surface area (Å²) in [4.78, 5) is 2.38. The molecule has 82 valence electrons. The van der Waals surface area contributed by atoms with Gasteiger partial charge >= 0.3 is 0 Å². The number of rotatable bonds is 2. The van der Waals surface area contributed by atoms with Crippen LogP contribution in [0.15, 0.2) is 24.3 Å². The van der Waals surface area contributed by atoms with Crippen LogP contribution in [0, 0.1) is 0 Å². The molecular formula is C13H19NO. The minimum atomic E-state index is 0.256. The lowest BCUT2D eigenvalue weighted by Crippen LogP contribution is -2.46. The average molecular weight is 205 g/mol. The van der Waals surface area contributed by atoms with Gasteiger partial charge in [-0.25, -0.2) is 0 Å². The molecule has 0 amide bonds. The summed E-state index contributed by atoms with van der Waals surface area (Å²) in [7, 11) is 0. The lowest BCUT2D eigenvalue weighted by atomic mass is 9.93. The largest absolute Gasteiger partial charge is 0.395 e. The Balaban J connectivity index is 2.26.